The zero-order valence-corrected chi connectivity index (χ0v) is 11.0. The normalized spacial score (nSPS) is 9.76. The third kappa shape index (κ3) is 3.67. The molecule has 92 valence electrons. The van der Waals surface area contributed by atoms with E-state index >= 15 is 0 Å². The summed E-state index contributed by atoms with van der Waals surface area (Å²) in [6.07, 6.45) is 0.564. The summed E-state index contributed by atoms with van der Waals surface area (Å²) in [4.78, 5) is 4.42. The number of hydrogen-bond acceptors (Lipinski definition) is 3. The highest BCUT2D eigenvalue weighted by Gasteiger charge is 2.03. The summed E-state index contributed by atoms with van der Waals surface area (Å²) in [5.41, 5.74) is 2.42. The van der Waals surface area contributed by atoms with Gasteiger partial charge in [-0.2, -0.15) is 5.26 Å². The summed E-state index contributed by atoms with van der Waals surface area (Å²) in [6.45, 7) is 7.16. The zero-order chi connectivity index (χ0) is 12.7. The van der Waals surface area contributed by atoms with E-state index in [1.165, 1.54) is 5.69 Å². The summed E-state index contributed by atoms with van der Waals surface area (Å²) < 4.78 is 0. The maximum atomic E-state index is 8.56. The first-order valence-electron chi connectivity index (χ1n) is 6.16. The second-order valence-corrected chi connectivity index (χ2v) is 4.02. The molecule has 17 heavy (non-hydrogen) atoms. The van der Waals surface area contributed by atoms with Gasteiger partial charge in [0.1, 0.15) is 0 Å². The fourth-order valence-electron chi connectivity index (χ4n) is 1.85. The molecule has 3 heteroatoms. The van der Waals surface area contributed by atoms with Crippen LogP contribution in [-0.4, -0.2) is 26.7 Å². The number of nitriles is 1. The highest BCUT2D eigenvalue weighted by molar-refractivity contribution is 5.56. The van der Waals surface area contributed by atoms with Gasteiger partial charge in [0.25, 0.3) is 0 Å². The minimum Gasteiger partial charge on any atom is -0.374 e. The van der Waals surface area contributed by atoms with Gasteiger partial charge in [-0.15, -0.1) is 0 Å². The average molecular weight is 231 g/mol. The minimum absolute atomic E-state index is 0.564. The third-order valence-corrected chi connectivity index (χ3v) is 2.98. The monoisotopic (exact) mass is 231 g/mol. The minimum atomic E-state index is 0.564. The molecule has 0 spiro atoms. The number of benzene rings is 1. The number of hydrogen-bond donors (Lipinski definition) is 0. The van der Waals surface area contributed by atoms with Crippen LogP contribution in [0.4, 0.5) is 11.4 Å². The predicted octanol–water partition coefficient (Wildman–Crippen LogP) is 2.88. The molecule has 0 fully saturated rings. The Balaban J connectivity index is 2.70. The van der Waals surface area contributed by atoms with Crippen molar-refractivity contribution < 1.29 is 0 Å². The fraction of sp³-hybridized carbons (Fsp3) is 0.500. The Morgan fingerprint density at radius 1 is 1.06 bits per heavy atom. The molecule has 0 heterocycles. The summed E-state index contributed by atoms with van der Waals surface area (Å²) in [5, 5.41) is 8.56. The summed E-state index contributed by atoms with van der Waals surface area (Å²) in [5.74, 6) is 0. The van der Waals surface area contributed by atoms with Crippen LogP contribution in [0.25, 0.3) is 0 Å². The lowest BCUT2D eigenvalue weighted by atomic mass is 10.2. The topological polar surface area (TPSA) is 30.3 Å². The molecular formula is C14H21N3. The molecule has 0 atom stereocenters. The third-order valence-electron chi connectivity index (χ3n) is 2.98. The van der Waals surface area contributed by atoms with Gasteiger partial charge in [0.05, 0.1) is 12.5 Å². The predicted molar refractivity (Wildman–Crippen MR) is 73.5 cm³/mol. The van der Waals surface area contributed by atoms with Crippen molar-refractivity contribution in [2.45, 2.75) is 20.3 Å². The molecule has 0 aliphatic rings. The lowest BCUT2D eigenvalue weighted by Gasteiger charge is -2.23. The van der Waals surface area contributed by atoms with Crippen LogP contribution in [0.2, 0.25) is 0 Å². The molecule has 0 aromatic heterocycles. The Labute approximate surface area is 104 Å². The lowest BCUT2D eigenvalue weighted by Crippen LogP contribution is -2.22. The van der Waals surface area contributed by atoms with Crippen molar-refractivity contribution in [1.82, 2.24) is 0 Å². The largest absolute Gasteiger partial charge is 0.374 e. The summed E-state index contributed by atoms with van der Waals surface area (Å²) in [6, 6.07) is 10.7. The molecular weight excluding hydrogens is 210 g/mol. The maximum absolute atomic E-state index is 8.56. The molecule has 1 aromatic rings. The van der Waals surface area contributed by atoms with E-state index in [0.29, 0.717) is 6.42 Å². The van der Waals surface area contributed by atoms with Crippen LogP contribution in [0.3, 0.4) is 0 Å². The second kappa shape index (κ2) is 6.80. The Morgan fingerprint density at radius 2 is 1.59 bits per heavy atom. The van der Waals surface area contributed by atoms with Crippen LogP contribution in [0, 0.1) is 11.3 Å². The van der Waals surface area contributed by atoms with E-state index in [4.69, 9.17) is 5.26 Å². The van der Waals surface area contributed by atoms with Crippen molar-refractivity contribution in [2.24, 2.45) is 0 Å². The van der Waals surface area contributed by atoms with E-state index in [1.54, 1.807) is 0 Å². The smallest absolute Gasteiger partial charge is 0.0640 e. The van der Waals surface area contributed by atoms with Gasteiger partial charge in [-0.25, -0.2) is 0 Å². The zero-order valence-electron chi connectivity index (χ0n) is 11.0. The summed E-state index contributed by atoms with van der Waals surface area (Å²) >= 11 is 0. The van der Waals surface area contributed by atoms with Crippen molar-refractivity contribution in [3.8, 4) is 6.07 Å². The first-order chi connectivity index (χ1) is 8.22. The van der Waals surface area contributed by atoms with Gasteiger partial charge in [0.2, 0.25) is 0 Å². The molecule has 3 nitrogen and oxygen atoms in total. The van der Waals surface area contributed by atoms with Crippen molar-refractivity contribution in [3.05, 3.63) is 24.3 Å². The second-order valence-electron chi connectivity index (χ2n) is 4.02. The molecule has 0 unspecified atom stereocenters. The Bertz CT molecular complexity index is 360. The van der Waals surface area contributed by atoms with E-state index in [1.807, 2.05) is 7.05 Å². The number of rotatable bonds is 6. The Kier molecular flexibility index (Phi) is 5.35. The van der Waals surface area contributed by atoms with E-state index in [0.717, 1.165) is 25.3 Å². The van der Waals surface area contributed by atoms with E-state index in [2.05, 4.69) is 54.0 Å². The highest BCUT2D eigenvalue weighted by atomic mass is 15.1. The SMILES string of the molecule is CCN(CC)c1ccc(N(C)CCC#N)cc1. The lowest BCUT2D eigenvalue weighted by molar-refractivity contribution is 0.864. The molecule has 0 aliphatic carbocycles. The van der Waals surface area contributed by atoms with Crippen LogP contribution in [0.15, 0.2) is 24.3 Å². The number of nitrogens with zero attached hydrogens (tertiary/aromatic N) is 3. The summed E-state index contributed by atoms with van der Waals surface area (Å²) in [7, 11) is 2.02. The molecule has 0 amide bonds. The van der Waals surface area contributed by atoms with Crippen LogP contribution in [0.1, 0.15) is 20.3 Å². The van der Waals surface area contributed by atoms with Crippen LogP contribution in [-0.2, 0) is 0 Å². The Hall–Kier alpha value is -1.69. The van der Waals surface area contributed by atoms with E-state index in [-0.39, 0.29) is 0 Å². The average Bonchev–Trinajstić information content (AvgIpc) is 2.38. The van der Waals surface area contributed by atoms with Gasteiger partial charge in [-0.1, -0.05) is 0 Å². The first-order valence-corrected chi connectivity index (χ1v) is 6.16. The van der Waals surface area contributed by atoms with Gasteiger partial charge in [0, 0.05) is 38.1 Å². The van der Waals surface area contributed by atoms with Crippen LogP contribution in [0.5, 0.6) is 0 Å². The molecule has 0 N–H and O–H groups in total. The standard InChI is InChI=1S/C14H21N3/c1-4-17(5-2)14-9-7-13(8-10-14)16(3)12-6-11-15/h7-10H,4-6,12H2,1-3H3. The highest BCUT2D eigenvalue weighted by Crippen LogP contribution is 2.19. The number of anilines is 2. The maximum Gasteiger partial charge on any atom is 0.0640 e. The van der Waals surface area contributed by atoms with Crippen molar-refractivity contribution in [3.63, 3.8) is 0 Å². The van der Waals surface area contributed by atoms with Gasteiger partial charge in [-0.05, 0) is 38.1 Å². The van der Waals surface area contributed by atoms with Crippen LogP contribution < -0.4 is 9.80 Å². The molecule has 0 saturated heterocycles. The molecule has 0 radical (unpaired) electrons. The van der Waals surface area contributed by atoms with Crippen LogP contribution >= 0.6 is 0 Å². The van der Waals surface area contributed by atoms with E-state index in [9.17, 15) is 0 Å². The fourth-order valence-corrected chi connectivity index (χ4v) is 1.85. The molecule has 0 saturated carbocycles. The first kappa shape index (κ1) is 13.4. The molecule has 0 bridgehead atoms. The van der Waals surface area contributed by atoms with Gasteiger partial charge < -0.3 is 9.80 Å². The van der Waals surface area contributed by atoms with Crippen molar-refractivity contribution in [1.29, 1.82) is 5.26 Å². The van der Waals surface area contributed by atoms with Gasteiger partial charge in [0.15, 0.2) is 0 Å². The molecule has 1 rings (SSSR count). The molecule has 0 aliphatic heterocycles. The van der Waals surface area contributed by atoms with Gasteiger partial charge in [-0.3, -0.25) is 0 Å². The van der Waals surface area contributed by atoms with Gasteiger partial charge >= 0.3 is 0 Å². The quantitative estimate of drug-likeness (QED) is 0.754. The van der Waals surface area contributed by atoms with E-state index < -0.39 is 0 Å². The van der Waals surface area contributed by atoms with Crippen molar-refractivity contribution in [2.75, 3.05) is 36.5 Å². The molecule has 1 aromatic carbocycles. The Morgan fingerprint density at radius 3 is 2.06 bits per heavy atom. The van der Waals surface area contributed by atoms with Crippen molar-refractivity contribution >= 4 is 11.4 Å².